The molecule has 0 radical (unpaired) electrons. The summed E-state index contributed by atoms with van der Waals surface area (Å²) in [6.07, 6.45) is 3.86. The number of benzene rings is 1. The minimum absolute atomic E-state index is 0.334. The van der Waals surface area contributed by atoms with Gasteiger partial charge in [-0.15, -0.1) is 0 Å². The summed E-state index contributed by atoms with van der Waals surface area (Å²) < 4.78 is 11.7. The Morgan fingerprint density at radius 2 is 2.12 bits per heavy atom. The van der Waals surface area contributed by atoms with Gasteiger partial charge in [0.15, 0.2) is 0 Å². The van der Waals surface area contributed by atoms with E-state index in [0.717, 1.165) is 16.5 Å². The number of H-pyrrole nitrogens is 1. The van der Waals surface area contributed by atoms with E-state index in [0.29, 0.717) is 42.3 Å². The number of carbonyl (C=O) groups excluding carboxylic acids is 1. The van der Waals surface area contributed by atoms with Crippen LogP contribution in [-0.2, 0) is 4.74 Å². The zero-order chi connectivity index (χ0) is 23.1. The van der Waals surface area contributed by atoms with Crippen molar-refractivity contribution in [2.45, 2.75) is 52.2 Å². The molecule has 1 atom stereocenters. The average Bonchev–Trinajstić information content (AvgIpc) is 3.32. The molecule has 8 nitrogen and oxygen atoms in total. The monoisotopic (exact) mass is 433 g/mol. The number of aromatic nitrogens is 3. The highest BCUT2D eigenvalue weighted by molar-refractivity contribution is 5.97. The van der Waals surface area contributed by atoms with E-state index in [1.54, 1.807) is 17.2 Å². The summed E-state index contributed by atoms with van der Waals surface area (Å²) in [5, 5.41) is 10.2. The van der Waals surface area contributed by atoms with E-state index in [1.807, 2.05) is 52.9 Å². The van der Waals surface area contributed by atoms with Crippen LogP contribution in [0.25, 0.3) is 22.2 Å². The summed E-state index contributed by atoms with van der Waals surface area (Å²) in [4.78, 5) is 26.5. The number of ether oxygens (including phenoxy) is 2. The Kier molecular flexibility index (Phi) is 5.29. The van der Waals surface area contributed by atoms with E-state index >= 15 is 0 Å². The van der Waals surface area contributed by atoms with Gasteiger partial charge in [0.25, 0.3) is 0 Å². The predicted octanol–water partition coefficient (Wildman–Crippen LogP) is 4.58. The molecule has 32 heavy (non-hydrogen) atoms. The first-order chi connectivity index (χ1) is 15.1. The lowest BCUT2D eigenvalue weighted by Crippen LogP contribution is -2.40. The van der Waals surface area contributed by atoms with Crippen molar-refractivity contribution < 1.29 is 14.3 Å². The van der Waals surface area contributed by atoms with E-state index in [2.05, 4.69) is 16.0 Å². The number of aromatic amines is 1. The molecule has 1 aliphatic heterocycles. The molecule has 0 aliphatic carbocycles. The van der Waals surface area contributed by atoms with Gasteiger partial charge in [-0.3, -0.25) is 0 Å². The molecule has 1 aromatic carbocycles. The van der Waals surface area contributed by atoms with Crippen molar-refractivity contribution in [3.63, 3.8) is 0 Å². The highest BCUT2D eigenvalue weighted by Crippen LogP contribution is 2.32. The number of hydrogen-bond donors (Lipinski definition) is 1. The smallest absolute Gasteiger partial charge is 0.410 e. The molecule has 1 saturated heterocycles. The van der Waals surface area contributed by atoms with Crippen molar-refractivity contribution in [2.75, 3.05) is 13.1 Å². The zero-order valence-corrected chi connectivity index (χ0v) is 19.0. The lowest BCUT2D eigenvalue weighted by Gasteiger charge is -2.27. The summed E-state index contributed by atoms with van der Waals surface area (Å²) in [7, 11) is 0. The Morgan fingerprint density at radius 1 is 1.34 bits per heavy atom. The molecule has 1 fully saturated rings. The number of rotatable bonds is 3. The minimum atomic E-state index is -0.569. The first kappa shape index (κ1) is 21.6. The van der Waals surface area contributed by atoms with Crippen LogP contribution in [0.4, 0.5) is 4.79 Å². The van der Waals surface area contributed by atoms with Crippen molar-refractivity contribution in [1.82, 2.24) is 19.9 Å². The Balaban J connectivity index is 1.53. The Labute approximate surface area is 187 Å². The number of nitrogens with zero attached hydrogens (tertiary/aromatic N) is 4. The maximum atomic E-state index is 12.4. The number of nitrogens with one attached hydrogen (secondary N) is 1. The molecular weight excluding hydrogens is 406 g/mol. The molecule has 166 valence electrons. The van der Waals surface area contributed by atoms with Crippen LogP contribution in [0.5, 0.6) is 5.88 Å². The summed E-state index contributed by atoms with van der Waals surface area (Å²) >= 11 is 0. The summed E-state index contributed by atoms with van der Waals surface area (Å²) in [5.41, 5.74) is 2.49. The van der Waals surface area contributed by atoms with Gasteiger partial charge < -0.3 is 19.4 Å². The molecule has 1 amide bonds. The third-order valence-corrected chi connectivity index (χ3v) is 5.44. The van der Waals surface area contributed by atoms with Crippen LogP contribution in [0.2, 0.25) is 0 Å². The number of amides is 1. The van der Waals surface area contributed by atoms with Gasteiger partial charge in [-0.25, -0.2) is 14.8 Å². The first-order valence-electron chi connectivity index (χ1n) is 10.6. The normalized spacial score (nSPS) is 18.6. The maximum Gasteiger partial charge on any atom is 0.410 e. The van der Waals surface area contributed by atoms with Crippen LogP contribution < -0.4 is 4.74 Å². The summed E-state index contributed by atoms with van der Waals surface area (Å²) in [5.74, 6) is 0.444. The number of aryl methyl sites for hydroxylation is 1. The van der Waals surface area contributed by atoms with Crippen LogP contribution in [0.3, 0.4) is 0 Å². The van der Waals surface area contributed by atoms with E-state index < -0.39 is 11.2 Å². The van der Waals surface area contributed by atoms with Gasteiger partial charge in [0.05, 0.1) is 29.5 Å². The molecule has 1 N–H and O–H groups in total. The predicted molar refractivity (Wildman–Crippen MR) is 120 cm³/mol. The molecule has 4 rings (SSSR count). The third-order valence-electron chi connectivity index (χ3n) is 5.44. The summed E-state index contributed by atoms with van der Waals surface area (Å²) in [6.45, 7) is 10.4. The largest absolute Gasteiger partial charge is 0.468 e. The molecule has 1 unspecified atom stereocenters. The molecule has 3 heterocycles. The Hall–Kier alpha value is -3.60. The van der Waals surface area contributed by atoms with Crippen LogP contribution in [0.1, 0.15) is 45.4 Å². The van der Waals surface area contributed by atoms with E-state index in [4.69, 9.17) is 14.5 Å². The van der Waals surface area contributed by atoms with Crippen LogP contribution in [0, 0.1) is 18.3 Å². The second-order valence-electron chi connectivity index (χ2n) is 9.39. The molecule has 0 saturated carbocycles. The molecular formula is C24H27N5O3. The van der Waals surface area contributed by atoms with Gasteiger partial charge in [0.1, 0.15) is 23.0 Å². The lowest BCUT2D eigenvalue weighted by molar-refractivity contribution is 0.0223. The van der Waals surface area contributed by atoms with Crippen molar-refractivity contribution in [1.29, 1.82) is 5.26 Å². The Morgan fingerprint density at radius 3 is 2.81 bits per heavy atom. The van der Waals surface area contributed by atoms with Crippen molar-refractivity contribution >= 4 is 17.0 Å². The van der Waals surface area contributed by atoms with Gasteiger partial charge in [-0.2, -0.15) is 5.26 Å². The molecule has 8 heteroatoms. The van der Waals surface area contributed by atoms with Crippen molar-refractivity contribution in [3.05, 3.63) is 41.9 Å². The minimum Gasteiger partial charge on any atom is -0.468 e. The fourth-order valence-electron chi connectivity index (χ4n) is 3.89. The van der Waals surface area contributed by atoms with Gasteiger partial charge in [-0.05, 0) is 40.7 Å². The van der Waals surface area contributed by atoms with Crippen molar-refractivity contribution in [3.8, 4) is 23.2 Å². The second kappa shape index (κ2) is 7.83. The number of carbonyl (C=O) groups is 1. The molecule has 1 aliphatic rings. The number of hydrogen-bond acceptors (Lipinski definition) is 6. The third kappa shape index (κ3) is 4.24. The van der Waals surface area contributed by atoms with E-state index in [-0.39, 0.29) is 6.09 Å². The second-order valence-corrected chi connectivity index (χ2v) is 9.39. The number of fused-ring (bicyclic) bond motifs is 1. The maximum absolute atomic E-state index is 12.4. The fraction of sp³-hybridized carbons (Fsp3) is 0.417. The fourth-order valence-corrected chi connectivity index (χ4v) is 3.89. The van der Waals surface area contributed by atoms with E-state index in [9.17, 15) is 10.1 Å². The first-order valence-corrected chi connectivity index (χ1v) is 10.6. The summed E-state index contributed by atoms with van der Waals surface area (Å²) in [6, 6.07) is 7.78. The van der Waals surface area contributed by atoms with E-state index in [1.165, 1.54) is 0 Å². The van der Waals surface area contributed by atoms with Crippen LogP contribution in [-0.4, -0.2) is 50.2 Å². The highest BCUT2D eigenvalue weighted by atomic mass is 16.6. The number of para-hydroxylation sites is 1. The SMILES string of the molecule is Cc1nc(-c2c[nH]c3c(C#N)cccc23)cnc1OC1(C)CCN(C(=O)OC(C)(C)C)C1. The highest BCUT2D eigenvalue weighted by Gasteiger charge is 2.40. The van der Waals surface area contributed by atoms with Crippen LogP contribution >= 0.6 is 0 Å². The lowest BCUT2D eigenvalue weighted by atomic mass is 10.1. The zero-order valence-electron chi connectivity index (χ0n) is 19.0. The van der Waals surface area contributed by atoms with Crippen LogP contribution in [0.15, 0.2) is 30.6 Å². The van der Waals surface area contributed by atoms with Gasteiger partial charge in [0, 0.05) is 30.1 Å². The molecule has 2 aromatic heterocycles. The molecule has 3 aromatic rings. The van der Waals surface area contributed by atoms with Gasteiger partial charge in [0.2, 0.25) is 5.88 Å². The standard InChI is InChI=1S/C24H27N5O3/c1-15-21(31-24(5)9-10-29(14-24)22(30)32-23(2,3)4)27-13-19(28-15)18-12-26-20-16(11-25)7-6-8-17(18)20/h6-8,12-13,26H,9-10,14H2,1-5H3. The van der Waals surface area contributed by atoms with Crippen molar-refractivity contribution in [2.24, 2.45) is 0 Å². The quantitative estimate of drug-likeness (QED) is 0.648. The van der Waals surface area contributed by atoms with Gasteiger partial charge >= 0.3 is 6.09 Å². The van der Waals surface area contributed by atoms with Gasteiger partial charge in [-0.1, -0.05) is 12.1 Å². The Bertz CT molecular complexity index is 1220. The number of likely N-dealkylation sites (tertiary alicyclic amines) is 1. The number of nitriles is 1. The topological polar surface area (TPSA) is 104 Å². The molecule has 0 bridgehead atoms. The molecule has 0 spiro atoms. The average molecular weight is 434 g/mol.